The first-order valence-electron chi connectivity index (χ1n) is 3.85. The Morgan fingerprint density at radius 1 is 1.31 bits per heavy atom. The zero-order chi connectivity index (χ0) is 11.5. The molecule has 0 heterocycles. The number of hydrogen-bond donors (Lipinski definition) is 1. The molecule has 0 aromatic heterocycles. The Bertz CT molecular complexity index is 459. The van der Waals surface area contributed by atoms with Crippen LogP contribution in [0.3, 0.4) is 0 Å². The van der Waals surface area contributed by atoms with Crippen LogP contribution in [-0.2, 0) is 14.9 Å². The van der Waals surface area contributed by atoms with E-state index in [1.54, 1.807) is 0 Å². The molecule has 1 aromatic rings. The Morgan fingerprint density at radius 2 is 1.81 bits per heavy atom. The van der Waals surface area contributed by atoms with Crippen molar-refractivity contribution in [3.05, 3.63) is 24.3 Å². The largest absolute Gasteiger partial charge is 1.00 e. The fourth-order valence-electron chi connectivity index (χ4n) is 0.899. The Labute approximate surface area is 124 Å². The van der Waals surface area contributed by atoms with Crippen molar-refractivity contribution in [1.82, 2.24) is 0 Å². The molecule has 0 atom stereocenters. The fraction of sp³-hybridized carbons (Fsp3) is 0.125. The van der Waals surface area contributed by atoms with Gasteiger partial charge in [0.05, 0.1) is 10.2 Å². The zero-order valence-electron chi connectivity index (χ0n) is 8.44. The predicted octanol–water partition coefficient (Wildman–Crippen LogP) is -2.07. The molecular formula is C8H7BrNNaO4S. The van der Waals surface area contributed by atoms with Crippen LogP contribution in [0.15, 0.2) is 29.2 Å². The van der Waals surface area contributed by atoms with E-state index < -0.39 is 10.1 Å². The van der Waals surface area contributed by atoms with Gasteiger partial charge < -0.3 is 9.87 Å². The third kappa shape index (κ3) is 4.94. The van der Waals surface area contributed by atoms with Gasteiger partial charge in [-0.25, -0.2) is 8.42 Å². The molecule has 0 saturated heterocycles. The molecule has 0 radical (unpaired) electrons. The smallest absolute Gasteiger partial charge is 0.744 e. The number of carbonyl (C=O) groups is 1. The van der Waals surface area contributed by atoms with Gasteiger partial charge in [-0.05, 0) is 24.3 Å². The fourth-order valence-corrected chi connectivity index (χ4v) is 1.51. The van der Waals surface area contributed by atoms with Gasteiger partial charge in [0.2, 0.25) is 5.91 Å². The molecule has 8 heteroatoms. The van der Waals surface area contributed by atoms with Gasteiger partial charge in [0.15, 0.2) is 0 Å². The van der Waals surface area contributed by atoms with E-state index in [1.165, 1.54) is 12.1 Å². The Balaban J connectivity index is 0.00000225. The van der Waals surface area contributed by atoms with E-state index >= 15 is 0 Å². The molecule has 5 nitrogen and oxygen atoms in total. The number of rotatable bonds is 3. The van der Waals surface area contributed by atoms with E-state index in [0.717, 1.165) is 12.1 Å². The summed E-state index contributed by atoms with van der Waals surface area (Å²) in [7, 11) is -4.43. The van der Waals surface area contributed by atoms with Gasteiger partial charge >= 0.3 is 29.6 Å². The van der Waals surface area contributed by atoms with Crippen LogP contribution in [-0.4, -0.2) is 24.2 Å². The first kappa shape index (κ1) is 16.1. The van der Waals surface area contributed by atoms with Gasteiger partial charge in [0, 0.05) is 5.69 Å². The normalized spacial score (nSPS) is 10.4. The van der Waals surface area contributed by atoms with Crippen LogP contribution >= 0.6 is 15.9 Å². The number of halogens is 1. The molecule has 0 fully saturated rings. The molecule has 82 valence electrons. The SMILES string of the molecule is O=C(CBr)Nc1ccc(S(=O)(=O)[O-])cc1.[Na+]. The van der Waals surface area contributed by atoms with Crippen molar-refractivity contribution in [2.45, 2.75) is 4.90 Å². The first-order chi connectivity index (χ1) is 6.93. The molecule has 0 saturated carbocycles. The van der Waals surface area contributed by atoms with Gasteiger partial charge in [-0.2, -0.15) is 0 Å². The summed E-state index contributed by atoms with van der Waals surface area (Å²) in [5.74, 6) is -0.257. The predicted molar refractivity (Wildman–Crippen MR) is 56.8 cm³/mol. The number of benzene rings is 1. The molecule has 0 unspecified atom stereocenters. The molecule has 16 heavy (non-hydrogen) atoms. The zero-order valence-corrected chi connectivity index (χ0v) is 12.8. The third-order valence-electron chi connectivity index (χ3n) is 1.55. The van der Waals surface area contributed by atoms with E-state index in [-0.39, 0.29) is 45.7 Å². The molecule has 0 aliphatic heterocycles. The molecule has 0 aliphatic carbocycles. The maximum Gasteiger partial charge on any atom is 1.00 e. The Hall–Kier alpha value is 0.0800. The number of hydrogen-bond acceptors (Lipinski definition) is 4. The second-order valence-corrected chi connectivity index (χ2v) is 4.60. The third-order valence-corrected chi connectivity index (χ3v) is 2.91. The Kier molecular flexibility index (Phi) is 6.76. The average molecular weight is 316 g/mol. The van der Waals surface area contributed by atoms with Crippen LogP contribution in [0, 0.1) is 0 Å². The second-order valence-electron chi connectivity index (χ2n) is 2.66. The van der Waals surface area contributed by atoms with Crippen molar-refractivity contribution >= 4 is 37.6 Å². The van der Waals surface area contributed by atoms with Gasteiger partial charge in [-0.15, -0.1) is 0 Å². The van der Waals surface area contributed by atoms with Crippen molar-refractivity contribution in [3.8, 4) is 0 Å². The van der Waals surface area contributed by atoms with Gasteiger partial charge in [-0.3, -0.25) is 4.79 Å². The molecule has 1 N–H and O–H groups in total. The van der Waals surface area contributed by atoms with Crippen LogP contribution in [0.1, 0.15) is 0 Å². The molecule has 1 rings (SSSR count). The molecule has 0 spiro atoms. The number of nitrogens with one attached hydrogen (secondary N) is 1. The number of alkyl halides is 1. The van der Waals surface area contributed by atoms with Crippen molar-refractivity contribution in [2.75, 3.05) is 10.6 Å². The van der Waals surface area contributed by atoms with Gasteiger partial charge in [0.1, 0.15) is 10.1 Å². The minimum Gasteiger partial charge on any atom is -0.744 e. The van der Waals surface area contributed by atoms with Crippen LogP contribution in [0.4, 0.5) is 5.69 Å². The van der Waals surface area contributed by atoms with Crippen molar-refractivity contribution in [1.29, 1.82) is 0 Å². The standard InChI is InChI=1S/C8H8BrNO4S.Na/c9-5-8(11)10-6-1-3-7(4-2-6)15(12,13)14;/h1-4H,5H2,(H,10,11)(H,12,13,14);/q;+1/p-1. The number of carbonyl (C=O) groups excluding carboxylic acids is 1. The summed E-state index contributed by atoms with van der Waals surface area (Å²) in [6.45, 7) is 0. The van der Waals surface area contributed by atoms with E-state index in [2.05, 4.69) is 21.2 Å². The maximum atomic E-state index is 10.9. The van der Waals surface area contributed by atoms with E-state index in [4.69, 9.17) is 0 Å². The monoisotopic (exact) mass is 315 g/mol. The van der Waals surface area contributed by atoms with E-state index in [0.29, 0.717) is 5.69 Å². The van der Waals surface area contributed by atoms with Gasteiger partial charge in [0.25, 0.3) is 0 Å². The van der Waals surface area contributed by atoms with Crippen LogP contribution in [0.2, 0.25) is 0 Å². The maximum absolute atomic E-state index is 10.9. The first-order valence-corrected chi connectivity index (χ1v) is 6.38. The van der Waals surface area contributed by atoms with Crippen molar-refractivity contribution < 1.29 is 47.3 Å². The van der Waals surface area contributed by atoms with E-state index in [1.807, 2.05) is 0 Å². The molecule has 1 aromatic carbocycles. The van der Waals surface area contributed by atoms with Gasteiger partial charge in [-0.1, -0.05) is 15.9 Å². The summed E-state index contributed by atoms with van der Waals surface area (Å²) in [6, 6.07) is 5.00. The summed E-state index contributed by atoms with van der Waals surface area (Å²) < 4.78 is 31.7. The number of anilines is 1. The summed E-state index contributed by atoms with van der Waals surface area (Å²) in [6.07, 6.45) is 0. The summed E-state index contributed by atoms with van der Waals surface area (Å²) in [5.41, 5.74) is 0.437. The number of amides is 1. The molecule has 0 aliphatic rings. The van der Waals surface area contributed by atoms with Crippen LogP contribution in [0.25, 0.3) is 0 Å². The summed E-state index contributed by atoms with van der Waals surface area (Å²) in [5, 5.41) is 2.63. The second kappa shape index (κ2) is 6.73. The molecule has 0 bridgehead atoms. The minimum absolute atomic E-state index is 0. The van der Waals surface area contributed by atoms with E-state index in [9.17, 15) is 17.8 Å². The van der Waals surface area contributed by atoms with Crippen LogP contribution in [0.5, 0.6) is 0 Å². The van der Waals surface area contributed by atoms with Crippen molar-refractivity contribution in [3.63, 3.8) is 0 Å². The minimum atomic E-state index is -4.43. The average Bonchev–Trinajstić information content (AvgIpc) is 2.17. The van der Waals surface area contributed by atoms with Crippen molar-refractivity contribution in [2.24, 2.45) is 0 Å². The quantitative estimate of drug-likeness (QED) is 0.394. The molecular weight excluding hydrogens is 309 g/mol. The summed E-state index contributed by atoms with van der Waals surface area (Å²) in [4.78, 5) is 10.6. The topological polar surface area (TPSA) is 86.3 Å². The summed E-state index contributed by atoms with van der Waals surface area (Å²) >= 11 is 2.96. The Morgan fingerprint density at radius 3 is 2.19 bits per heavy atom. The molecule has 1 amide bonds. The van der Waals surface area contributed by atoms with Crippen LogP contribution < -0.4 is 34.9 Å².